The van der Waals surface area contributed by atoms with Crippen LogP contribution in [0.4, 0.5) is 0 Å². The third kappa shape index (κ3) is 2.30. The van der Waals surface area contributed by atoms with Crippen molar-refractivity contribution in [2.24, 2.45) is 0 Å². The Labute approximate surface area is 89.5 Å². The van der Waals surface area contributed by atoms with Crippen molar-refractivity contribution >= 4 is 5.97 Å². The van der Waals surface area contributed by atoms with E-state index in [9.17, 15) is 4.79 Å². The van der Waals surface area contributed by atoms with Crippen molar-refractivity contribution in [3.63, 3.8) is 0 Å². The molecule has 2 aliphatic heterocycles. The minimum atomic E-state index is -0.289. The molecule has 0 radical (unpaired) electrons. The Morgan fingerprint density at radius 1 is 1.53 bits per heavy atom. The predicted molar refractivity (Wildman–Crippen MR) is 54.3 cm³/mol. The second-order valence-electron chi connectivity index (χ2n) is 4.00. The molecule has 0 aromatic carbocycles. The van der Waals surface area contributed by atoms with Crippen molar-refractivity contribution in [1.82, 2.24) is 10.6 Å². The lowest BCUT2D eigenvalue weighted by Gasteiger charge is -2.33. The van der Waals surface area contributed by atoms with Crippen molar-refractivity contribution in [3.05, 3.63) is 0 Å². The van der Waals surface area contributed by atoms with E-state index in [1.807, 2.05) is 6.92 Å². The number of hydrogen-bond acceptors (Lipinski definition) is 5. The molecule has 0 saturated carbocycles. The number of nitrogens with one attached hydrogen (secondary N) is 2. The van der Waals surface area contributed by atoms with Crippen molar-refractivity contribution in [2.75, 3.05) is 26.3 Å². The minimum Gasteiger partial charge on any atom is -0.465 e. The Morgan fingerprint density at radius 3 is 2.93 bits per heavy atom. The largest absolute Gasteiger partial charge is 0.465 e. The minimum absolute atomic E-state index is 0.201. The molecular formula is C10H18N2O3. The van der Waals surface area contributed by atoms with Crippen molar-refractivity contribution in [1.29, 1.82) is 0 Å². The number of ether oxygens (including phenoxy) is 2. The van der Waals surface area contributed by atoms with Crippen LogP contribution in [0.25, 0.3) is 0 Å². The molecule has 0 bridgehead atoms. The van der Waals surface area contributed by atoms with Gasteiger partial charge >= 0.3 is 5.97 Å². The van der Waals surface area contributed by atoms with Gasteiger partial charge in [0.1, 0.15) is 11.8 Å². The lowest BCUT2D eigenvalue weighted by Crippen LogP contribution is -2.52. The zero-order valence-electron chi connectivity index (χ0n) is 9.04. The van der Waals surface area contributed by atoms with E-state index in [4.69, 9.17) is 9.47 Å². The van der Waals surface area contributed by atoms with Gasteiger partial charge in [-0.3, -0.25) is 10.1 Å². The Bertz CT molecular complexity index is 239. The molecule has 2 saturated heterocycles. The lowest BCUT2D eigenvalue weighted by molar-refractivity contribution is -0.145. The number of hydrogen-bond donors (Lipinski definition) is 2. The first-order valence-corrected chi connectivity index (χ1v) is 5.55. The van der Waals surface area contributed by atoms with E-state index in [0.717, 1.165) is 25.9 Å². The van der Waals surface area contributed by atoms with Gasteiger partial charge in [-0.15, -0.1) is 0 Å². The summed E-state index contributed by atoms with van der Waals surface area (Å²) in [5, 5.41) is 6.52. The maximum atomic E-state index is 11.5. The second-order valence-corrected chi connectivity index (χ2v) is 4.00. The number of rotatable bonds is 2. The van der Waals surface area contributed by atoms with Crippen LogP contribution in [-0.2, 0) is 14.3 Å². The third-order valence-corrected chi connectivity index (χ3v) is 2.95. The maximum Gasteiger partial charge on any atom is 0.325 e. The van der Waals surface area contributed by atoms with Gasteiger partial charge in [-0.1, -0.05) is 0 Å². The topological polar surface area (TPSA) is 59.6 Å². The zero-order valence-corrected chi connectivity index (χ0v) is 9.04. The van der Waals surface area contributed by atoms with E-state index in [1.54, 1.807) is 0 Å². The molecule has 1 spiro atoms. The Kier molecular flexibility index (Phi) is 3.23. The summed E-state index contributed by atoms with van der Waals surface area (Å²) in [7, 11) is 0. The fourth-order valence-corrected chi connectivity index (χ4v) is 2.13. The fourth-order valence-electron chi connectivity index (χ4n) is 2.13. The van der Waals surface area contributed by atoms with Gasteiger partial charge in [0.2, 0.25) is 0 Å². The van der Waals surface area contributed by atoms with Crippen LogP contribution in [0.3, 0.4) is 0 Å². The van der Waals surface area contributed by atoms with Crippen molar-refractivity contribution in [3.8, 4) is 0 Å². The van der Waals surface area contributed by atoms with Gasteiger partial charge in [0.05, 0.1) is 13.2 Å². The van der Waals surface area contributed by atoms with E-state index < -0.39 is 0 Å². The molecule has 1 unspecified atom stereocenters. The molecule has 2 rings (SSSR count). The van der Waals surface area contributed by atoms with Crippen LogP contribution >= 0.6 is 0 Å². The number of carbonyl (C=O) groups excluding carboxylic acids is 1. The Morgan fingerprint density at radius 2 is 2.27 bits per heavy atom. The van der Waals surface area contributed by atoms with Gasteiger partial charge in [-0.25, -0.2) is 0 Å². The van der Waals surface area contributed by atoms with Crippen LogP contribution in [0, 0.1) is 0 Å². The second kappa shape index (κ2) is 4.47. The summed E-state index contributed by atoms with van der Waals surface area (Å²) in [4.78, 5) is 11.5. The van der Waals surface area contributed by atoms with Crippen LogP contribution in [0.5, 0.6) is 0 Å². The van der Waals surface area contributed by atoms with Gasteiger partial charge in [0.15, 0.2) is 0 Å². The molecule has 5 heteroatoms. The van der Waals surface area contributed by atoms with Crippen molar-refractivity contribution in [2.45, 2.75) is 31.5 Å². The Hall–Kier alpha value is -0.650. The fraction of sp³-hybridized carbons (Fsp3) is 0.900. The normalized spacial score (nSPS) is 29.3. The molecule has 15 heavy (non-hydrogen) atoms. The molecule has 2 fully saturated rings. The van der Waals surface area contributed by atoms with E-state index >= 15 is 0 Å². The van der Waals surface area contributed by atoms with Crippen LogP contribution in [0.1, 0.15) is 19.8 Å². The van der Waals surface area contributed by atoms with Crippen LogP contribution in [0.15, 0.2) is 0 Å². The summed E-state index contributed by atoms with van der Waals surface area (Å²) >= 11 is 0. The summed E-state index contributed by atoms with van der Waals surface area (Å²) in [6.45, 7) is 4.53. The molecule has 2 aliphatic rings. The van der Waals surface area contributed by atoms with Crippen LogP contribution < -0.4 is 10.6 Å². The standard InChI is InChI=1S/C10H18N2O3/c1-2-14-9(13)8-7-15-10(12-8)3-5-11-6-4-10/h8,11-12H,2-7H2,1H3. The first kappa shape index (κ1) is 10.9. The molecule has 0 aromatic heterocycles. The highest BCUT2D eigenvalue weighted by Gasteiger charge is 2.43. The summed E-state index contributed by atoms with van der Waals surface area (Å²) in [6, 6.07) is -0.289. The highest BCUT2D eigenvalue weighted by molar-refractivity contribution is 5.76. The van der Waals surface area contributed by atoms with Gasteiger partial charge in [-0.05, 0) is 20.0 Å². The molecule has 2 N–H and O–H groups in total. The van der Waals surface area contributed by atoms with Crippen LogP contribution in [0.2, 0.25) is 0 Å². The highest BCUT2D eigenvalue weighted by atomic mass is 16.6. The maximum absolute atomic E-state index is 11.5. The van der Waals surface area contributed by atoms with Crippen LogP contribution in [-0.4, -0.2) is 44.0 Å². The van der Waals surface area contributed by atoms with E-state index in [-0.39, 0.29) is 17.7 Å². The average molecular weight is 214 g/mol. The molecule has 0 aliphatic carbocycles. The zero-order chi connectivity index (χ0) is 10.7. The molecule has 0 amide bonds. The lowest BCUT2D eigenvalue weighted by atomic mass is 10.0. The van der Waals surface area contributed by atoms with E-state index in [1.165, 1.54) is 0 Å². The number of carbonyl (C=O) groups is 1. The predicted octanol–water partition coefficient (Wildman–Crippen LogP) is -0.382. The molecule has 2 heterocycles. The third-order valence-electron chi connectivity index (χ3n) is 2.95. The first-order chi connectivity index (χ1) is 7.26. The van der Waals surface area contributed by atoms with E-state index in [0.29, 0.717) is 13.2 Å². The van der Waals surface area contributed by atoms with Gasteiger partial charge < -0.3 is 14.8 Å². The summed E-state index contributed by atoms with van der Waals surface area (Å²) in [5.74, 6) is -0.201. The van der Waals surface area contributed by atoms with Crippen molar-refractivity contribution < 1.29 is 14.3 Å². The smallest absolute Gasteiger partial charge is 0.325 e. The summed E-state index contributed by atoms with van der Waals surface area (Å²) in [6.07, 6.45) is 1.81. The molecule has 0 aromatic rings. The number of piperidine rings is 1. The molecule has 1 atom stereocenters. The Balaban J connectivity index is 1.90. The average Bonchev–Trinajstić information content (AvgIpc) is 2.64. The number of esters is 1. The molecule has 5 nitrogen and oxygen atoms in total. The monoisotopic (exact) mass is 214 g/mol. The first-order valence-electron chi connectivity index (χ1n) is 5.55. The molecule has 86 valence electrons. The molecular weight excluding hydrogens is 196 g/mol. The quantitative estimate of drug-likeness (QED) is 0.613. The van der Waals surface area contributed by atoms with Gasteiger partial charge in [0, 0.05) is 12.8 Å². The highest BCUT2D eigenvalue weighted by Crippen LogP contribution is 2.25. The SMILES string of the molecule is CCOC(=O)C1COC2(CCNCC2)N1. The summed E-state index contributed by atoms with van der Waals surface area (Å²) in [5.41, 5.74) is -0.289. The van der Waals surface area contributed by atoms with E-state index in [2.05, 4.69) is 10.6 Å². The van der Waals surface area contributed by atoms with Gasteiger partial charge in [0.25, 0.3) is 0 Å². The summed E-state index contributed by atoms with van der Waals surface area (Å²) < 4.78 is 10.7. The van der Waals surface area contributed by atoms with Gasteiger partial charge in [-0.2, -0.15) is 0 Å².